The summed E-state index contributed by atoms with van der Waals surface area (Å²) in [6.07, 6.45) is 0.913. The molecule has 0 spiro atoms. The number of halogens is 4. The zero-order chi connectivity index (χ0) is 13.3. The molecule has 2 aromatic rings. The fourth-order valence-electron chi connectivity index (χ4n) is 1.61. The van der Waals surface area contributed by atoms with Gasteiger partial charge in [-0.2, -0.15) is 0 Å². The molecule has 1 aromatic carbocycles. The van der Waals surface area contributed by atoms with Gasteiger partial charge in [-0.1, -0.05) is 22.9 Å². The van der Waals surface area contributed by atoms with Gasteiger partial charge >= 0.3 is 0 Å². The Hall–Kier alpha value is -0.810. The Bertz CT molecular complexity index is 542. The molecule has 5 heteroatoms. The third kappa shape index (κ3) is 2.62. The van der Waals surface area contributed by atoms with E-state index in [1.54, 1.807) is 11.3 Å². The lowest BCUT2D eigenvalue weighted by Gasteiger charge is -2.09. The Morgan fingerprint density at radius 2 is 1.78 bits per heavy atom. The van der Waals surface area contributed by atoms with Crippen molar-refractivity contribution in [2.24, 2.45) is 0 Å². The summed E-state index contributed by atoms with van der Waals surface area (Å²) in [5.74, 6) is -3.76. The van der Waals surface area contributed by atoms with Crippen LogP contribution in [0, 0.1) is 17.5 Å². The summed E-state index contributed by atoms with van der Waals surface area (Å²) in [5, 5.41) is 0. The van der Waals surface area contributed by atoms with Gasteiger partial charge in [-0.25, -0.2) is 13.2 Å². The zero-order valence-corrected chi connectivity index (χ0v) is 11.9. The van der Waals surface area contributed by atoms with Gasteiger partial charge in [0.2, 0.25) is 0 Å². The average molecular weight is 335 g/mol. The van der Waals surface area contributed by atoms with Gasteiger partial charge in [0.25, 0.3) is 0 Å². The zero-order valence-electron chi connectivity index (χ0n) is 9.51. The maximum absolute atomic E-state index is 13.2. The van der Waals surface area contributed by atoms with E-state index >= 15 is 0 Å². The van der Waals surface area contributed by atoms with Gasteiger partial charge in [0.15, 0.2) is 17.5 Å². The predicted octanol–water partition coefficient (Wildman–Crippen LogP) is 5.21. The molecule has 0 saturated carbocycles. The molecule has 1 aromatic heterocycles. The maximum Gasteiger partial charge on any atom is 0.194 e. The Morgan fingerprint density at radius 3 is 2.28 bits per heavy atom. The molecule has 0 fully saturated rings. The first-order valence-corrected chi connectivity index (χ1v) is 7.13. The number of hydrogen-bond donors (Lipinski definition) is 0. The largest absolute Gasteiger partial charge is 0.204 e. The van der Waals surface area contributed by atoms with E-state index in [0.29, 0.717) is 5.56 Å². The molecular formula is C13H10BrF3S. The highest BCUT2D eigenvalue weighted by Crippen LogP contribution is 2.36. The number of rotatable bonds is 3. The third-order valence-corrected chi connectivity index (χ3v) is 5.20. The van der Waals surface area contributed by atoms with E-state index in [4.69, 9.17) is 0 Å². The summed E-state index contributed by atoms with van der Waals surface area (Å²) in [5.41, 5.74) is 0.371. The van der Waals surface area contributed by atoms with E-state index < -0.39 is 17.5 Å². The van der Waals surface area contributed by atoms with Crippen LogP contribution >= 0.6 is 27.3 Å². The van der Waals surface area contributed by atoms with Crippen LogP contribution in [0.1, 0.15) is 27.1 Å². The summed E-state index contributed by atoms with van der Waals surface area (Å²) in [4.78, 5) is 1.81. The Labute approximate surface area is 116 Å². The van der Waals surface area contributed by atoms with Crippen LogP contribution in [-0.2, 0) is 6.42 Å². The van der Waals surface area contributed by atoms with E-state index in [2.05, 4.69) is 15.9 Å². The molecule has 1 atom stereocenters. The molecule has 0 radical (unpaired) electrons. The highest BCUT2D eigenvalue weighted by molar-refractivity contribution is 9.09. The summed E-state index contributed by atoms with van der Waals surface area (Å²) in [7, 11) is 0. The van der Waals surface area contributed by atoms with Crippen LogP contribution in [0.5, 0.6) is 0 Å². The highest BCUT2D eigenvalue weighted by atomic mass is 79.9. The van der Waals surface area contributed by atoms with Crippen LogP contribution < -0.4 is 0 Å². The maximum atomic E-state index is 13.2. The summed E-state index contributed by atoms with van der Waals surface area (Å²) >= 11 is 4.95. The van der Waals surface area contributed by atoms with Crippen molar-refractivity contribution in [3.63, 3.8) is 0 Å². The molecule has 0 aliphatic heterocycles. The lowest BCUT2D eigenvalue weighted by atomic mass is 10.1. The number of hydrogen-bond acceptors (Lipinski definition) is 1. The highest BCUT2D eigenvalue weighted by Gasteiger charge is 2.18. The van der Waals surface area contributed by atoms with Crippen molar-refractivity contribution >= 4 is 27.3 Å². The molecule has 0 N–H and O–H groups in total. The van der Waals surface area contributed by atoms with E-state index in [1.165, 1.54) is 4.88 Å². The molecular weight excluding hydrogens is 325 g/mol. The monoisotopic (exact) mass is 334 g/mol. The fraction of sp³-hybridized carbons (Fsp3) is 0.231. The second kappa shape index (κ2) is 5.45. The van der Waals surface area contributed by atoms with E-state index in [9.17, 15) is 13.2 Å². The van der Waals surface area contributed by atoms with Crippen molar-refractivity contribution in [1.29, 1.82) is 0 Å². The average Bonchev–Trinajstić information content (AvgIpc) is 2.83. The van der Waals surface area contributed by atoms with Gasteiger partial charge in [-0.05, 0) is 36.2 Å². The van der Waals surface area contributed by atoms with Crippen LogP contribution in [0.25, 0.3) is 0 Å². The van der Waals surface area contributed by atoms with Crippen molar-refractivity contribution in [3.05, 3.63) is 57.0 Å². The van der Waals surface area contributed by atoms with Gasteiger partial charge in [-0.15, -0.1) is 11.3 Å². The van der Waals surface area contributed by atoms with E-state index in [1.807, 2.05) is 19.1 Å². The lowest BCUT2D eigenvalue weighted by molar-refractivity contribution is 0.445. The molecule has 2 rings (SSSR count). The van der Waals surface area contributed by atoms with Crippen molar-refractivity contribution in [1.82, 2.24) is 0 Å². The Kier molecular flexibility index (Phi) is 4.12. The van der Waals surface area contributed by atoms with Crippen LogP contribution in [-0.4, -0.2) is 0 Å². The van der Waals surface area contributed by atoms with Crippen molar-refractivity contribution < 1.29 is 13.2 Å². The molecule has 0 saturated heterocycles. The third-order valence-electron chi connectivity index (χ3n) is 2.58. The van der Waals surface area contributed by atoms with E-state index in [-0.39, 0.29) is 4.83 Å². The van der Waals surface area contributed by atoms with Crippen molar-refractivity contribution in [2.75, 3.05) is 0 Å². The first kappa shape index (κ1) is 13.6. The summed E-state index contributed by atoms with van der Waals surface area (Å²) < 4.78 is 39.2. The normalized spacial score (nSPS) is 12.7. The van der Waals surface area contributed by atoms with Gasteiger partial charge < -0.3 is 0 Å². The summed E-state index contributed by atoms with van der Waals surface area (Å²) in [6.45, 7) is 2.04. The molecule has 0 nitrogen and oxygen atoms in total. The van der Waals surface area contributed by atoms with Gasteiger partial charge in [0.1, 0.15) is 0 Å². The fourth-order valence-corrected chi connectivity index (χ4v) is 3.26. The minimum Gasteiger partial charge on any atom is -0.204 e. The molecule has 0 bridgehead atoms. The lowest BCUT2D eigenvalue weighted by Crippen LogP contribution is -1.97. The van der Waals surface area contributed by atoms with Crippen LogP contribution in [0.2, 0.25) is 0 Å². The van der Waals surface area contributed by atoms with Crippen LogP contribution in [0.3, 0.4) is 0 Å². The number of benzene rings is 1. The quantitative estimate of drug-likeness (QED) is 0.533. The van der Waals surface area contributed by atoms with Crippen LogP contribution in [0.4, 0.5) is 13.2 Å². The summed E-state index contributed by atoms with van der Waals surface area (Å²) in [6, 6.07) is 5.92. The second-order valence-corrected chi connectivity index (χ2v) is 5.93. The topological polar surface area (TPSA) is 0 Å². The molecule has 0 aliphatic rings. The molecule has 96 valence electrons. The smallest absolute Gasteiger partial charge is 0.194 e. The number of alkyl halides is 1. The van der Waals surface area contributed by atoms with Crippen molar-refractivity contribution in [2.45, 2.75) is 18.2 Å². The second-order valence-electron chi connectivity index (χ2n) is 3.82. The standard InChI is InChI=1S/C13H10BrF3S/c1-2-8-3-4-11(18-8)12(14)7-5-9(15)13(17)10(16)6-7/h3-6,12H,2H2,1H3. The number of aryl methyl sites for hydroxylation is 1. The molecule has 0 amide bonds. The SMILES string of the molecule is CCc1ccc(C(Br)c2cc(F)c(F)c(F)c2)s1. The minimum atomic E-state index is -1.43. The van der Waals surface area contributed by atoms with Gasteiger partial charge in [-0.3, -0.25) is 0 Å². The van der Waals surface area contributed by atoms with Gasteiger partial charge in [0.05, 0.1) is 4.83 Å². The number of thiophene rings is 1. The van der Waals surface area contributed by atoms with Crippen molar-refractivity contribution in [3.8, 4) is 0 Å². The van der Waals surface area contributed by atoms with Gasteiger partial charge in [0, 0.05) is 9.75 Å². The van der Waals surface area contributed by atoms with E-state index in [0.717, 1.165) is 23.4 Å². The molecule has 1 heterocycles. The Balaban J connectivity index is 2.36. The first-order valence-electron chi connectivity index (χ1n) is 5.40. The minimum absolute atomic E-state index is 0.326. The Morgan fingerprint density at radius 1 is 1.17 bits per heavy atom. The first-order chi connectivity index (χ1) is 8.52. The molecule has 18 heavy (non-hydrogen) atoms. The van der Waals surface area contributed by atoms with Crippen LogP contribution in [0.15, 0.2) is 24.3 Å². The molecule has 1 unspecified atom stereocenters. The predicted molar refractivity (Wildman–Crippen MR) is 70.8 cm³/mol. The molecule has 0 aliphatic carbocycles.